The third-order valence-electron chi connectivity index (χ3n) is 3.96. The number of carbonyl (C=O) groups excluding carboxylic acids is 1. The van der Waals surface area contributed by atoms with Gasteiger partial charge in [-0.05, 0) is 60.6 Å². The van der Waals surface area contributed by atoms with Crippen LogP contribution in [0.2, 0.25) is 0 Å². The predicted molar refractivity (Wildman–Crippen MR) is 95.9 cm³/mol. The Kier molecular flexibility index (Phi) is 5.01. The number of pyridine rings is 1. The number of fused-ring (bicyclic) bond motifs is 1. The molecule has 0 spiro atoms. The first kappa shape index (κ1) is 16.4. The zero-order valence-electron chi connectivity index (χ0n) is 12.9. The van der Waals surface area contributed by atoms with Gasteiger partial charge in [0.05, 0.1) is 18.2 Å². The Balaban J connectivity index is 2.14. The lowest BCUT2D eigenvalue weighted by molar-refractivity contribution is 0.0523. The monoisotopic (exact) mass is 427 g/mol. The van der Waals surface area contributed by atoms with Crippen molar-refractivity contribution in [2.75, 3.05) is 13.2 Å². The summed E-state index contributed by atoms with van der Waals surface area (Å²) in [6.07, 6.45) is 3.77. The Labute approximate surface area is 147 Å². The van der Waals surface area contributed by atoms with Gasteiger partial charge in [-0.25, -0.2) is 4.79 Å². The second-order valence-corrected chi connectivity index (χ2v) is 6.79. The molecule has 1 aliphatic heterocycles. The number of carbonyl (C=O) groups is 1. The SMILES string of the molecule is CCOC(=O)c1cn(C[C@@H]2CCCO2)c2ccc(I)cc2c1=O. The topological polar surface area (TPSA) is 57.5 Å². The lowest BCUT2D eigenvalue weighted by Crippen LogP contribution is -2.23. The minimum absolute atomic E-state index is 0.0827. The number of rotatable bonds is 4. The molecule has 0 aliphatic carbocycles. The Morgan fingerprint density at radius 1 is 1.48 bits per heavy atom. The standard InChI is InChI=1S/C17H18INO4/c1-2-22-17(21)14-10-19(9-12-4-3-7-23-12)15-6-5-11(18)8-13(15)16(14)20/h5-6,8,10,12H,2-4,7,9H2,1H3/t12-/m0/s1. The van der Waals surface area contributed by atoms with Crippen LogP contribution in [0.1, 0.15) is 30.1 Å². The number of nitrogens with zero attached hydrogens (tertiary/aromatic N) is 1. The van der Waals surface area contributed by atoms with Crippen LogP contribution in [0, 0.1) is 3.57 Å². The van der Waals surface area contributed by atoms with Gasteiger partial charge in [-0.1, -0.05) is 0 Å². The summed E-state index contributed by atoms with van der Waals surface area (Å²) >= 11 is 2.16. The van der Waals surface area contributed by atoms with Crippen molar-refractivity contribution in [3.63, 3.8) is 0 Å². The Hall–Kier alpha value is -1.41. The van der Waals surface area contributed by atoms with Crippen molar-refractivity contribution in [1.29, 1.82) is 0 Å². The number of hydrogen-bond acceptors (Lipinski definition) is 4. The first-order valence-corrected chi connectivity index (χ1v) is 8.79. The van der Waals surface area contributed by atoms with Crippen LogP contribution in [0.25, 0.3) is 10.9 Å². The van der Waals surface area contributed by atoms with Gasteiger partial charge in [0.25, 0.3) is 0 Å². The van der Waals surface area contributed by atoms with Gasteiger partial charge >= 0.3 is 5.97 Å². The Morgan fingerprint density at radius 2 is 2.30 bits per heavy atom. The molecule has 5 nitrogen and oxygen atoms in total. The summed E-state index contributed by atoms with van der Waals surface area (Å²) in [6, 6.07) is 5.69. The molecule has 1 saturated heterocycles. The third kappa shape index (κ3) is 3.42. The maximum atomic E-state index is 12.6. The molecule has 3 rings (SSSR count). The van der Waals surface area contributed by atoms with Crippen LogP contribution in [0.15, 0.2) is 29.2 Å². The van der Waals surface area contributed by atoms with Crippen molar-refractivity contribution < 1.29 is 14.3 Å². The molecule has 23 heavy (non-hydrogen) atoms. The average Bonchev–Trinajstić information content (AvgIpc) is 3.03. The molecule has 1 atom stereocenters. The fourth-order valence-corrected chi connectivity index (χ4v) is 3.37. The van der Waals surface area contributed by atoms with Crippen LogP contribution >= 0.6 is 22.6 Å². The maximum absolute atomic E-state index is 12.6. The van der Waals surface area contributed by atoms with E-state index in [1.165, 1.54) is 0 Å². The van der Waals surface area contributed by atoms with E-state index in [-0.39, 0.29) is 23.7 Å². The Morgan fingerprint density at radius 3 is 3.00 bits per heavy atom. The highest BCUT2D eigenvalue weighted by Crippen LogP contribution is 2.20. The summed E-state index contributed by atoms with van der Waals surface area (Å²) in [5.74, 6) is -0.570. The number of halogens is 1. The second-order valence-electron chi connectivity index (χ2n) is 5.54. The fourth-order valence-electron chi connectivity index (χ4n) is 2.88. The predicted octanol–water partition coefficient (Wildman–Crippen LogP) is 2.96. The normalized spacial score (nSPS) is 17.6. The molecular formula is C17H18INO4. The van der Waals surface area contributed by atoms with Crippen molar-refractivity contribution in [2.45, 2.75) is 32.4 Å². The average molecular weight is 427 g/mol. The quantitative estimate of drug-likeness (QED) is 0.556. The van der Waals surface area contributed by atoms with Crippen LogP contribution in [0.4, 0.5) is 0 Å². The molecular weight excluding hydrogens is 409 g/mol. The molecule has 1 aromatic heterocycles. The molecule has 2 aromatic rings. The van der Waals surface area contributed by atoms with E-state index < -0.39 is 5.97 Å². The summed E-state index contributed by atoms with van der Waals surface area (Å²) in [5, 5.41) is 0.542. The number of esters is 1. The maximum Gasteiger partial charge on any atom is 0.343 e. The van der Waals surface area contributed by atoms with Gasteiger partial charge in [0, 0.05) is 28.3 Å². The van der Waals surface area contributed by atoms with Gasteiger partial charge in [0.15, 0.2) is 0 Å². The van der Waals surface area contributed by atoms with E-state index in [2.05, 4.69) is 22.6 Å². The zero-order chi connectivity index (χ0) is 16.4. The largest absolute Gasteiger partial charge is 0.462 e. The molecule has 0 saturated carbocycles. The van der Waals surface area contributed by atoms with E-state index in [0.717, 1.165) is 28.5 Å². The molecule has 1 aliphatic rings. The van der Waals surface area contributed by atoms with Gasteiger partial charge in [-0.2, -0.15) is 0 Å². The van der Waals surface area contributed by atoms with E-state index in [1.54, 1.807) is 13.1 Å². The smallest absolute Gasteiger partial charge is 0.343 e. The molecule has 0 unspecified atom stereocenters. The van der Waals surface area contributed by atoms with Crippen molar-refractivity contribution >= 4 is 39.5 Å². The molecule has 1 aromatic carbocycles. The van der Waals surface area contributed by atoms with Crippen LogP contribution in [0.5, 0.6) is 0 Å². The van der Waals surface area contributed by atoms with Crippen LogP contribution in [-0.2, 0) is 16.0 Å². The molecule has 0 radical (unpaired) electrons. The van der Waals surface area contributed by atoms with Crippen LogP contribution in [0.3, 0.4) is 0 Å². The molecule has 1 fully saturated rings. The van der Waals surface area contributed by atoms with E-state index >= 15 is 0 Å². The third-order valence-corrected chi connectivity index (χ3v) is 4.63. The van der Waals surface area contributed by atoms with Crippen molar-refractivity contribution in [2.24, 2.45) is 0 Å². The lowest BCUT2D eigenvalue weighted by atomic mass is 10.1. The van der Waals surface area contributed by atoms with Gasteiger partial charge in [0.1, 0.15) is 5.56 Å². The summed E-state index contributed by atoms with van der Waals surface area (Å²) in [5.41, 5.74) is 0.624. The molecule has 0 N–H and O–H groups in total. The molecule has 0 bridgehead atoms. The number of benzene rings is 1. The van der Waals surface area contributed by atoms with Crippen LogP contribution < -0.4 is 5.43 Å². The highest BCUT2D eigenvalue weighted by atomic mass is 127. The van der Waals surface area contributed by atoms with Crippen molar-refractivity contribution in [1.82, 2.24) is 4.57 Å². The van der Waals surface area contributed by atoms with E-state index in [0.29, 0.717) is 11.9 Å². The summed E-state index contributed by atoms with van der Waals surface area (Å²) in [7, 11) is 0. The van der Waals surface area contributed by atoms with E-state index in [1.807, 2.05) is 22.8 Å². The fraction of sp³-hybridized carbons (Fsp3) is 0.412. The first-order chi connectivity index (χ1) is 11.1. The first-order valence-electron chi connectivity index (χ1n) is 7.71. The summed E-state index contributed by atoms with van der Waals surface area (Å²) in [4.78, 5) is 24.8. The van der Waals surface area contributed by atoms with Gasteiger partial charge in [0.2, 0.25) is 5.43 Å². The van der Waals surface area contributed by atoms with Crippen molar-refractivity contribution in [3.05, 3.63) is 43.8 Å². The lowest BCUT2D eigenvalue weighted by Gasteiger charge is -2.17. The number of aromatic nitrogens is 1. The molecule has 0 amide bonds. The van der Waals surface area contributed by atoms with Gasteiger partial charge in [-0.15, -0.1) is 0 Å². The zero-order valence-corrected chi connectivity index (χ0v) is 15.0. The molecule has 6 heteroatoms. The van der Waals surface area contributed by atoms with Crippen LogP contribution in [-0.4, -0.2) is 29.9 Å². The van der Waals surface area contributed by atoms with Crippen molar-refractivity contribution in [3.8, 4) is 0 Å². The Bertz CT molecular complexity index is 793. The minimum Gasteiger partial charge on any atom is -0.462 e. The van der Waals surface area contributed by atoms with E-state index in [4.69, 9.17) is 9.47 Å². The highest BCUT2D eigenvalue weighted by molar-refractivity contribution is 14.1. The van der Waals surface area contributed by atoms with Gasteiger partial charge in [-0.3, -0.25) is 4.79 Å². The van der Waals surface area contributed by atoms with Gasteiger partial charge < -0.3 is 14.0 Å². The highest BCUT2D eigenvalue weighted by Gasteiger charge is 2.20. The molecule has 122 valence electrons. The summed E-state index contributed by atoms with van der Waals surface area (Å²) in [6.45, 7) is 3.37. The summed E-state index contributed by atoms with van der Waals surface area (Å²) < 4.78 is 13.6. The number of hydrogen-bond donors (Lipinski definition) is 0. The number of ether oxygens (including phenoxy) is 2. The van der Waals surface area contributed by atoms with E-state index in [9.17, 15) is 9.59 Å². The molecule has 2 heterocycles. The minimum atomic E-state index is -0.570. The second kappa shape index (κ2) is 7.00.